The second-order valence-electron chi connectivity index (χ2n) is 3.46. The number of imidazole rings is 1. The normalized spacial score (nSPS) is 10.8. The monoisotopic (exact) mass is 280 g/mol. The third kappa shape index (κ3) is 2.10. The van der Waals surface area contributed by atoms with Crippen LogP contribution in [0.4, 0.5) is 0 Å². The summed E-state index contributed by atoms with van der Waals surface area (Å²) in [6.45, 7) is 0. The van der Waals surface area contributed by atoms with Crippen LogP contribution < -0.4 is 4.74 Å². The lowest BCUT2D eigenvalue weighted by molar-refractivity contribution is 0.467. The number of ether oxygens (including phenoxy) is 1. The quantitative estimate of drug-likeness (QED) is 0.731. The lowest BCUT2D eigenvalue weighted by Crippen LogP contribution is -1.92. The van der Waals surface area contributed by atoms with E-state index in [1.54, 1.807) is 24.3 Å². The number of benzene rings is 1. The zero-order valence-electron chi connectivity index (χ0n) is 8.89. The van der Waals surface area contributed by atoms with Crippen molar-refractivity contribution in [3.05, 3.63) is 40.9 Å². The molecule has 0 aliphatic carbocycles. The molecule has 0 fully saturated rings. The van der Waals surface area contributed by atoms with E-state index in [4.69, 9.17) is 27.9 Å². The topological polar surface area (TPSA) is 63.7 Å². The molecule has 7 heteroatoms. The summed E-state index contributed by atoms with van der Waals surface area (Å²) >= 11 is 11.7. The number of halogens is 2. The van der Waals surface area contributed by atoms with Gasteiger partial charge in [0, 0.05) is 5.02 Å². The molecule has 0 saturated heterocycles. The van der Waals surface area contributed by atoms with Gasteiger partial charge < -0.3 is 9.72 Å². The Balaban J connectivity index is 2.06. The van der Waals surface area contributed by atoms with Gasteiger partial charge in [-0.05, 0) is 29.8 Å². The second-order valence-corrected chi connectivity index (χ2v) is 4.23. The summed E-state index contributed by atoms with van der Waals surface area (Å²) in [5.41, 5.74) is 1.03. The van der Waals surface area contributed by atoms with Gasteiger partial charge in [0.05, 0.1) is 6.33 Å². The third-order valence-electron chi connectivity index (χ3n) is 2.24. The van der Waals surface area contributed by atoms with Crippen LogP contribution in [-0.4, -0.2) is 19.9 Å². The standard InChI is InChI=1S/C11H6Cl2N4O/c12-6-2-1-3-7(4-6)18-10-8-9(15-5-14-8)16-11(13)17-10/h1-5H,(H,14,15,16,17). The highest BCUT2D eigenvalue weighted by Crippen LogP contribution is 2.27. The summed E-state index contributed by atoms with van der Waals surface area (Å²) in [6.07, 6.45) is 1.50. The van der Waals surface area contributed by atoms with Crippen molar-refractivity contribution in [1.29, 1.82) is 0 Å². The number of aromatic nitrogens is 4. The number of rotatable bonds is 2. The first-order valence-electron chi connectivity index (χ1n) is 5.02. The summed E-state index contributed by atoms with van der Waals surface area (Å²) in [6, 6.07) is 6.99. The van der Waals surface area contributed by atoms with Crippen LogP contribution in [0.3, 0.4) is 0 Å². The maximum Gasteiger partial charge on any atom is 0.250 e. The van der Waals surface area contributed by atoms with Crippen LogP contribution in [0.15, 0.2) is 30.6 Å². The fourth-order valence-corrected chi connectivity index (χ4v) is 1.83. The molecule has 0 aliphatic heterocycles. The van der Waals surface area contributed by atoms with Crippen LogP contribution in [-0.2, 0) is 0 Å². The Morgan fingerprint density at radius 3 is 2.89 bits per heavy atom. The van der Waals surface area contributed by atoms with Crippen LogP contribution in [0.2, 0.25) is 10.3 Å². The average Bonchev–Trinajstić information content (AvgIpc) is 2.77. The minimum absolute atomic E-state index is 0.0756. The molecule has 5 nitrogen and oxygen atoms in total. The summed E-state index contributed by atoms with van der Waals surface area (Å²) < 4.78 is 5.62. The van der Waals surface area contributed by atoms with Crippen LogP contribution in [0.25, 0.3) is 11.2 Å². The highest BCUT2D eigenvalue weighted by Gasteiger charge is 2.11. The van der Waals surface area contributed by atoms with Crippen LogP contribution >= 0.6 is 23.2 Å². The molecule has 0 spiro atoms. The number of fused-ring (bicyclic) bond motifs is 1. The zero-order chi connectivity index (χ0) is 12.5. The second kappa shape index (κ2) is 4.44. The largest absolute Gasteiger partial charge is 0.437 e. The molecule has 0 aliphatic rings. The van der Waals surface area contributed by atoms with Crippen molar-refractivity contribution in [2.75, 3.05) is 0 Å². The van der Waals surface area contributed by atoms with Crippen molar-refractivity contribution >= 4 is 34.4 Å². The first-order valence-corrected chi connectivity index (χ1v) is 5.78. The van der Waals surface area contributed by atoms with E-state index in [1.807, 2.05) is 0 Å². The van der Waals surface area contributed by atoms with Gasteiger partial charge in [-0.25, -0.2) is 4.98 Å². The molecular formula is C11H6Cl2N4O. The SMILES string of the molecule is Clc1cccc(Oc2nc(Cl)nc3nc[nH]c23)c1. The number of nitrogens with zero attached hydrogens (tertiary/aromatic N) is 3. The van der Waals surface area contributed by atoms with Gasteiger partial charge in [-0.1, -0.05) is 17.7 Å². The molecule has 1 aromatic carbocycles. The number of aromatic amines is 1. The van der Waals surface area contributed by atoms with Crippen molar-refractivity contribution in [3.8, 4) is 11.6 Å². The van der Waals surface area contributed by atoms with E-state index in [1.165, 1.54) is 6.33 Å². The molecule has 0 amide bonds. The first kappa shape index (κ1) is 11.3. The minimum Gasteiger partial charge on any atom is -0.437 e. The molecule has 18 heavy (non-hydrogen) atoms. The van der Waals surface area contributed by atoms with E-state index >= 15 is 0 Å². The van der Waals surface area contributed by atoms with Crippen molar-refractivity contribution in [2.45, 2.75) is 0 Å². The predicted molar refractivity (Wildman–Crippen MR) is 68.2 cm³/mol. The van der Waals surface area contributed by atoms with Crippen LogP contribution in [0, 0.1) is 0 Å². The highest BCUT2D eigenvalue weighted by molar-refractivity contribution is 6.30. The molecule has 0 radical (unpaired) electrons. The number of nitrogens with one attached hydrogen (secondary N) is 1. The smallest absolute Gasteiger partial charge is 0.250 e. The van der Waals surface area contributed by atoms with Gasteiger partial charge in [0.2, 0.25) is 11.2 Å². The van der Waals surface area contributed by atoms with Crippen LogP contribution in [0.1, 0.15) is 0 Å². The third-order valence-corrected chi connectivity index (χ3v) is 2.64. The molecule has 0 unspecified atom stereocenters. The van der Waals surface area contributed by atoms with Gasteiger partial charge in [-0.2, -0.15) is 9.97 Å². The lowest BCUT2D eigenvalue weighted by atomic mass is 10.3. The van der Waals surface area contributed by atoms with Crippen molar-refractivity contribution in [2.24, 2.45) is 0 Å². The van der Waals surface area contributed by atoms with Gasteiger partial charge in [-0.15, -0.1) is 0 Å². The molecule has 3 rings (SSSR count). The van der Waals surface area contributed by atoms with Crippen molar-refractivity contribution in [1.82, 2.24) is 19.9 Å². The molecule has 0 saturated carbocycles. The fourth-order valence-electron chi connectivity index (χ4n) is 1.50. The molecule has 2 heterocycles. The van der Waals surface area contributed by atoms with E-state index in [0.29, 0.717) is 27.8 Å². The van der Waals surface area contributed by atoms with Crippen LogP contribution in [0.5, 0.6) is 11.6 Å². The number of hydrogen-bond acceptors (Lipinski definition) is 4. The maximum absolute atomic E-state index is 5.88. The maximum atomic E-state index is 5.88. The van der Waals surface area contributed by atoms with Gasteiger partial charge in [0.15, 0.2) is 5.65 Å². The molecule has 90 valence electrons. The zero-order valence-corrected chi connectivity index (χ0v) is 10.4. The van der Waals surface area contributed by atoms with E-state index < -0.39 is 0 Å². The van der Waals surface area contributed by atoms with E-state index in [0.717, 1.165) is 0 Å². The molecule has 3 aromatic rings. The number of hydrogen-bond donors (Lipinski definition) is 1. The molecular weight excluding hydrogens is 275 g/mol. The number of H-pyrrole nitrogens is 1. The lowest BCUT2D eigenvalue weighted by Gasteiger charge is -2.05. The summed E-state index contributed by atoms with van der Waals surface area (Å²) in [7, 11) is 0. The Kier molecular flexibility index (Phi) is 2.77. The summed E-state index contributed by atoms with van der Waals surface area (Å²) in [4.78, 5) is 14.9. The molecule has 0 atom stereocenters. The van der Waals surface area contributed by atoms with Crippen molar-refractivity contribution < 1.29 is 4.74 Å². The Bertz CT molecular complexity index is 713. The van der Waals surface area contributed by atoms with Gasteiger partial charge in [0.25, 0.3) is 0 Å². The van der Waals surface area contributed by atoms with Gasteiger partial charge in [0.1, 0.15) is 11.3 Å². The summed E-state index contributed by atoms with van der Waals surface area (Å²) in [5.74, 6) is 0.873. The Morgan fingerprint density at radius 2 is 2.06 bits per heavy atom. The fraction of sp³-hybridized carbons (Fsp3) is 0. The van der Waals surface area contributed by atoms with Gasteiger partial charge in [-0.3, -0.25) is 0 Å². The molecule has 0 bridgehead atoms. The predicted octanol–water partition coefficient (Wildman–Crippen LogP) is 3.45. The molecule has 2 aromatic heterocycles. The Hall–Kier alpha value is -1.85. The molecule has 1 N–H and O–H groups in total. The minimum atomic E-state index is 0.0756. The van der Waals surface area contributed by atoms with Gasteiger partial charge >= 0.3 is 0 Å². The van der Waals surface area contributed by atoms with Crippen molar-refractivity contribution in [3.63, 3.8) is 0 Å². The van der Waals surface area contributed by atoms with E-state index in [9.17, 15) is 0 Å². The highest BCUT2D eigenvalue weighted by atomic mass is 35.5. The van der Waals surface area contributed by atoms with E-state index in [2.05, 4.69) is 19.9 Å². The Labute approximate surface area is 112 Å². The average molecular weight is 281 g/mol. The first-order chi connectivity index (χ1) is 8.72. The Morgan fingerprint density at radius 1 is 1.17 bits per heavy atom. The summed E-state index contributed by atoms with van der Waals surface area (Å²) in [5, 5.41) is 0.653. The van der Waals surface area contributed by atoms with E-state index in [-0.39, 0.29) is 5.28 Å².